The van der Waals surface area contributed by atoms with E-state index < -0.39 is 20.8 Å². The van der Waals surface area contributed by atoms with Crippen molar-refractivity contribution in [3.05, 3.63) is 58.1 Å². The van der Waals surface area contributed by atoms with Crippen LogP contribution in [0.4, 0.5) is 11.4 Å². The number of nitro benzene ring substituents is 1. The van der Waals surface area contributed by atoms with Crippen molar-refractivity contribution in [2.24, 2.45) is 0 Å². The summed E-state index contributed by atoms with van der Waals surface area (Å²) in [6.07, 6.45) is -1.28. The highest BCUT2D eigenvalue weighted by Crippen LogP contribution is 2.31. The van der Waals surface area contributed by atoms with E-state index >= 15 is 0 Å². The Morgan fingerprint density at radius 3 is 2.32 bits per heavy atom. The monoisotopic (exact) mass is 506 g/mol. The molecule has 0 radical (unpaired) electrons. The van der Waals surface area contributed by atoms with Gasteiger partial charge in [-0.25, -0.2) is 0 Å². The van der Waals surface area contributed by atoms with E-state index in [1.165, 1.54) is 44.6 Å². The van der Waals surface area contributed by atoms with Crippen LogP contribution in [0.2, 0.25) is 0 Å². The predicted octanol–water partition coefficient (Wildman–Crippen LogP) is 4.02. The standard InChI is InChI=1S/C18H17Cl3N4O5S/c1-29-13-8-7-10(9-14(13)30-2)15(26)23-16(18(19,20)21)24-17(31)22-11-5-3-4-6-12(11)25(27)28/h3-9,16H,1-2H3,(H,23,26)(H2,22,24,31). The van der Waals surface area contributed by atoms with Crippen LogP contribution in [-0.2, 0) is 0 Å². The first-order valence-corrected chi connectivity index (χ1v) is 10.0. The molecule has 31 heavy (non-hydrogen) atoms. The molecule has 0 heterocycles. The molecule has 13 heteroatoms. The van der Waals surface area contributed by atoms with Gasteiger partial charge in [0.15, 0.2) is 16.6 Å². The van der Waals surface area contributed by atoms with E-state index in [0.29, 0.717) is 11.5 Å². The van der Waals surface area contributed by atoms with Gasteiger partial charge in [-0.3, -0.25) is 14.9 Å². The molecule has 1 unspecified atom stereocenters. The van der Waals surface area contributed by atoms with Crippen molar-refractivity contribution in [1.29, 1.82) is 0 Å². The first-order chi connectivity index (χ1) is 14.6. The molecule has 0 fully saturated rings. The van der Waals surface area contributed by atoms with E-state index in [-0.39, 0.29) is 22.1 Å². The summed E-state index contributed by atoms with van der Waals surface area (Å²) in [5, 5.41) is 18.8. The molecular weight excluding hydrogens is 491 g/mol. The van der Waals surface area contributed by atoms with Crippen LogP contribution in [0.5, 0.6) is 11.5 Å². The van der Waals surface area contributed by atoms with Crippen LogP contribution in [0.15, 0.2) is 42.5 Å². The number of hydrogen-bond donors (Lipinski definition) is 3. The number of methoxy groups -OCH3 is 2. The van der Waals surface area contributed by atoms with Gasteiger partial charge in [-0.2, -0.15) is 0 Å². The number of thiocarbonyl (C=S) groups is 1. The molecule has 0 aliphatic heterocycles. The number of halogens is 3. The van der Waals surface area contributed by atoms with Crippen molar-refractivity contribution in [2.45, 2.75) is 9.96 Å². The summed E-state index contributed by atoms with van der Waals surface area (Å²) >= 11 is 23.1. The molecule has 0 saturated carbocycles. The zero-order valence-corrected chi connectivity index (χ0v) is 19.2. The maximum Gasteiger partial charge on any atom is 0.292 e. The van der Waals surface area contributed by atoms with Gasteiger partial charge in [0, 0.05) is 11.6 Å². The highest BCUT2D eigenvalue weighted by atomic mass is 35.6. The third kappa shape index (κ3) is 6.73. The van der Waals surface area contributed by atoms with Gasteiger partial charge in [0.2, 0.25) is 3.79 Å². The van der Waals surface area contributed by atoms with Crippen LogP contribution >= 0.6 is 47.0 Å². The SMILES string of the molecule is COc1ccc(C(=O)NC(NC(=S)Nc2ccccc2[N+](=O)[O-])C(Cl)(Cl)Cl)cc1OC. The van der Waals surface area contributed by atoms with E-state index in [1.54, 1.807) is 12.1 Å². The van der Waals surface area contributed by atoms with Crippen molar-refractivity contribution in [3.8, 4) is 11.5 Å². The summed E-state index contributed by atoms with van der Waals surface area (Å²) in [7, 11) is 2.89. The number of carbonyl (C=O) groups is 1. The molecule has 1 amide bonds. The summed E-state index contributed by atoms with van der Waals surface area (Å²) in [6.45, 7) is 0. The predicted molar refractivity (Wildman–Crippen MR) is 124 cm³/mol. The second kappa shape index (κ2) is 10.7. The third-order valence-electron chi connectivity index (χ3n) is 3.87. The molecule has 0 spiro atoms. The fourth-order valence-electron chi connectivity index (χ4n) is 2.42. The molecule has 2 rings (SSSR count). The Labute approximate surface area is 198 Å². The van der Waals surface area contributed by atoms with E-state index in [1.807, 2.05) is 0 Å². The number of carbonyl (C=O) groups excluding carboxylic acids is 1. The molecule has 0 aliphatic carbocycles. The van der Waals surface area contributed by atoms with Crippen LogP contribution in [0.1, 0.15) is 10.4 Å². The zero-order chi connectivity index (χ0) is 23.2. The quantitative estimate of drug-likeness (QED) is 0.169. The number of hydrogen-bond acceptors (Lipinski definition) is 6. The summed E-state index contributed by atoms with van der Waals surface area (Å²) in [5.41, 5.74) is 0.127. The van der Waals surface area contributed by atoms with E-state index in [9.17, 15) is 14.9 Å². The molecule has 0 aromatic heterocycles. The Hall–Kier alpha value is -2.53. The van der Waals surface area contributed by atoms with Gasteiger partial charge >= 0.3 is 0 Å². The summed E-state index contributed by atoms with van der Waals surface area (Å²) in [4.78, 5) is 23.3. The molecule has 0 aliphatic rings. The third-order valence-corrected chi connectivity index (χ3v) is 4.75. The van der Waals surface area contributed by atoms with Crippen LogP contribution in [0.25, 0.3) is 0 Å². The second-order valence-corrected chi connectivity index (χ2v) is 8.67. The summed E-state index contributed by atoms with van der Waals surface area (Å²) < 4.78 is 8.30. The summed E-state index contributed by atoms with van der Waals surface area (Å²) in [5.74, 6) is 0.172. The van der Waals surface area contributed by atoms with Crippen LogP contribution < -0.4 is 25.4 Å². The Bertz CT molecular complexity index is 987. The van der Waals surface area contributed by atoms with Gasteiger partial charge in [-0.1, -0.05) is 46.9 Å². The summed E-state index contributed by atoms with van der Waals surface area (Å²) in [6, 6.07) is 10.3. The molecule has 1 atom stereocenters. The van der Waals surface area contributed by atoms with Gasteiger partial charge in [-0.15, -0.1) is 0 Å². The highest BCUT2D eigenvalue weighted by molar-refractivity contribution is 7.80. The number of benzene rings is 2. The second-order valence-electron chi connectivity index (χ2n) is 5.89. The maximum absolute atomic E-state index is 12.7. The number of alkyl halides is 3. The van der Waals surface area contributed by atoms with Gasteiger partial charge < -0.3 is 25.4 Å². The molecule has 0 saturated heterocycles. The molecular formula is C18H17Cl3N4O5S. The first kappa shape index (κ1) is 24.7. The Kier molecular flexibility index (Phi) is 8.52. The van der Waals surface area contributed by atoms with Gasteiger partial charge in [0.1, 0.15) is 11.9 Å². The number of nitrogens with one attached hydrogen (secondary N) is 3. The first-order valence-electron chi connectivity index (χ1n) is 8.47. The molecule has 2 aromatic carbocycles. The Balaban J connectivity index is 2.17. The van der Waals surface area contributed by atoms with Crippen molar-refractivity contribution in [3.63, 3.8) is 0 Å². The van der Waals surface area contributed by atoms with Crippen molar-refractivity contribution < 1.29 is 19.2 Å². The molecule has 0 bridgehead atoms. The van der Waals surface area contributed by atoms with E-state index in [4.69, 9.17) is 56.5 Å². The van der Waals surface area contributed by atoms with E-state index in [2.05, 4.69) is 16.0 Å². The van der Waals surface area contributed by atoms with Crippen LogP contribution in [0.3, 0.4) is 0 Å². The Morgan fingerprint density at radius 2 is 1.74 bits per heavy atom. The number of rotatable bonds is 7. The van der Waals surface area contributed by atoms with Gasteiger partial charge in [0.25, 0.3) is 11.6 Å². The lowest BCUT2D eigenvalue weighted by Gasteiger charge is -2.27. The number of ether oxygens (including phenoxy) is 2. The lowest BCUT2D eigenvalue weighted by atomic mass is 10.2. The minimum Gasteiger partial charge on any atom is -0.493 e. The molecule has 2 aromatic rings. The minimum absolute atomic E-state index is 0.113. The number of nitro groups is 1. The molecule has 166 valence electrons. The van der Waals surface area contributed by atoms with Gasteiger partial charge in [0.05, 0.1) is 19.1 Å². The number of amides is 1. The Morgan fingerprint density at radius 1 is 1.10 bits per heavy atom. The number of para-hydroxylation sites is 2. The topological polar surface area (TPSA) is 115 Å². The minimum atomic E-state index is -2.01. The van der Waals surface area contributed by atoms with Crippen molar-refractivity contribution in [1.82, 2.24) is 10.6 Å². The smallest absolute Gasteiger partial charge is 0.292 e. The number of nitrogens with zero attached hydrogens (tertiary/aromatic N) is 1. The maximum atomic E-state index is 12.7. The normalized spacial score (nSPS) is 11.8. The lowest BCUT2D eigenvalue weighted by molar-refractivity contribution is -0.383. The van der Waals surface area contributed by atoms with Crippen LogP contribution in [0, 0.1) is 10.1 Å². The fourth-order valence-corrected chi connectivity index (χ4v) is 2.97. The van der Waals surface area contributed by atoms with Crippen molar-refractivity contribution in [2.75, 3.05) is 19.5 Å². The highest BCUT2D eigenvalue weighted by Gasteiger charge is 2.35. The zero-order valence-electron chi connectivity index (χ0n) is 16.1. The fraction of sp³-hybridized carbons (Fsp3) is 0.222. The molecule has 9 nitrogen and oxygen atoms in total. The average Bonchev–Trinajstić information content (AvgIpc) is 2.72. The number of anilines is 1. The molecule has 3 N–H and O–H groups in total. The largest absolute Gasteiger partial charge is 0.493 e. The van der Waals surface area contributed by atoms with Crippen molar-refractivity contribution >= 4 is 69.4 Å². The average molecular weight is 508 g/mol. The van der Waals surface area contributed by atoms with Gasteiger partial charge in [-0.05, 0) is 36.5 Å². The van der Waals surface area contributed by atoms with Crippen LogP contribution in [-0.4, -0.2) is 40.1 Å². The lowest BCUT2D eigenvalue weighted by Crippen LogP contribution is -2.56. The van der Waals surface area contributed by atoms with E-state index in [0.717, 1.165) is 0 Å².